The molecule has 0 bridgehead atoms. The first-order valence-electron chi connectivity index (χ1n) is 16.7. The summed E-state index contributed by atoms with van der Waals surface area (Å²) >= 11 is 0. The van der Waals surface area contributed by atoms with Crippen LogP contribution in [0.4, 0.5) is 0 Å². The number of pyridine rings is 2. The van der Waals surface area contributed by atoms with Gasteiger partial charge in [-0.05, 0) is 104 Å². The van der Waals surface area contributed by atoms with Gasteiger partial charge in [-0.1, -0.05) is 103 Å². The third-order valence-electron chi connectivity index (χ3n) is 9.62. The van der Waals surface area contributed by atoms with Gasteiger partial charge in [-0.3, -0.25) is 0 Å². The summed E-state index contributed by atoms with van der Waals surface area (Å²) in [6.45, 7) is 0. The van der Waals surface area contributed by atoms with Crippen molar-refractivity contribution in [3.63, 3.8) is 0 Å². The van der Waals surface area contributed by atoms with Gasteiger partial charge < -0.3 is 4.57 Å². The van der Waals surface area contributed by atoms with Crippen LogP contribution in [-0.2, 0) is 0 Å². The third kappa shape index (κ3) is 5.18. The maximum absolute atomic E-state index is 9.36. The molecule has 0 aliphatic rings. The Morgan fingerprint density at radius 2 is 0.922 bits per heavy atom. The molecule has 9 aromatic rings. The van der Waals surface area contributed by atoms with E-state index in [-0.39, 0.29) is 0 Å². The Hall–Kier alpha value is -7.34. The Labute approximate surface area is 294 Å². The third-order valence-corrected chi connectivity index (χ3v) is 9.62. The highest BCUT2D eigenvalue weighted by Crippen LogP contribution is 2.42. The van der Waals surface area contributed by atoms with E-state index in [1.165, 1.54) is 21.5 Å². The second kappa shape index (κ2) is 12.3. The van der Waals surface area contributed by atoms with Gasteiger partial charge in [0.05, 0.1) is 11.0 Å². The van der Waals surface area contributed by atoms with E-state index in [4.69, 9.17) is 0 Å². The molecule has 0 fully saturated rings. The molecule has 51 heavy (non-hydrogen) atoms. The molecular formula is C46H27N5. The summed E-state index contributed by atoms with van der Waals surface area (Å²) in [7, 11) is 0. The molecule has 0 aliphatic carbocycles. The summed E-state index contributed by atoms with van der Waals surface area (Å²) in [6, 6.07) is 57.2. The van der Waals surface area contributed by atoms with E-state index in [9.17, 15) is 10.5 Å². The van der Waals surface area contributed by atoms with Gasteiger partial charge in [-0.15, -0.1) is 0 Å². The molecule has 5 nitrogen and oxygen atoms in total. The van der Waals surface area contributed by atoms with E-state index in [0.29, 0.717) is 11.4 Å². The summed E-state index contributed by atoms with van der Waals surface area (Å²) in [5.74, 6) is 0. The minimum Gasteiger partial charge on any atom is -0.309 e. The SMILES string of the molecule is N#Cc1cc(-c2ccc(-c3ccc4c5c6ccccc6c(-c6ccc(-c7ccnc(C#N)c7)cc6)cc5n(-c5ccccc5)c4c3)cc2)ccn1. The Balaban J connectivity index is 1.22. The molecule has 6 aromatic carbocycles. The van der Waals surface area contributed by atoms with Crippen LogP contribution in [0.3, 0.4) is 0 Å². The number of para-hydroxylation sites is 1. The summed E-state index contributed by atoms with van der Waals surface area (Å²) in [6.07, 6.45) is 3.36. The molecule has 0 saturated heterocycles. The lowest BCUT2D eigenvalue weighted by molar-refractivity contribution is 1.18. The van der Waals surface area contributed by atoms with Crippen LogP contribution in [0.25, 0.3) is 82.8 Å². The first kappa shape index (κ1) is 29.8. The van der Waals surface area contributed by atoms with Gasteiger partial charge in [0.15, 0.2) is 0 Å². The lowest BCUT2D eigenvalue weighted by Crippen LogP contribution is -1.94. The maximum Gasteiger partial charge on any atom is 0.141 e. The van der Waals surface area contributed by atoms with Crippen molar-refractivity contribution in [2.45, 2.75) is 0 Å². The van der Waals surface area contributed by atoms with Crippen LogP contribution in [0.2, 0.25) is 0 Å². The minimum atomic E-state index is 0.405. The van der Waals surface area contributed by atoms with Gasteiger partial charge in [0.2, 0.25) is 0 Å². The van der Waals surface area contributed by atoms with E-state index >= 15 is 0 Å². The molecule has 0 aliphatic heterocycles. The predicted octanol–water partition coefficient (Wildman–Crippen LogP) is 11.1. The van der Waals surface area contributed by atoms with Crippen LogP contribution in [0.15, 0.2) is 164 Å². The second-order valence-electron chi connectivity index (χ2n) is 12.5. The average molecular weight is 650 g/mol. The Bertz CT molecular complexity index is 2850. The smallest absolute Gasteiger partial charge is 0.141 e. The Kier molecular flexibility index (Phi) is 7.17. The maximum atomic E-state index is 9.36. The van der Waals surface area contributed by atoms with Crippen molar-refractivity contribution in [2.75, 3.05) is 0 Å². The standard InChI is InChI=1S/C46H27N5/c47-28-37-24-35(20-22-49-37)31-12-10-30(11-13-31)34-18-19-42-44(26-34)51(39-6-2-1-3-7-39)45-27-43(40-8-4-5-9-41(40)46(42)45)33-16-14-32(15-17-33)36-21-23-50-38(25-36)29-48/h1-27H. The van der Waals surface area contributed by atoms with Crippen molar-refractivity contribution in [1.82, 2.24) is 14.5 Å². The monoisotopic (exact) mass is 649 g/mol. The molecule has 0 amide bonds. The van der Waals surface area contributed by atoms with Crippen LogP contribution in [0, 0.1) is 22.7 Å². The first-order chi connectivity index (χ1) is 25.2. The van der Waals surface area contributed by atoms with E-state index in [1.807, 2.05) is 24.3 Å². The van der Waals surface area contributed by atoms with Crippen molar-refractivity contribution in [3.8, 4) is 62.3 Å². The highest BCUT2D eigenvalue weighted by atomic mass is 15.0. The molecule has 3 heterocycles. The number of hydrogen-bond acceptors (Lipinski definition) is 4. The van der Waals surface area contributed by atoms with Crippen LogP contribution >= 0.6 is 0 Å². The molecular weight excluding hydrogens is 623 g/mol. The lowest BCUT2D eigenvalue weighted by Gasteiger charge is -2.13. The van der Waals surface area contributed by atoms with Gasteiger partial charge in [-0.2, -0.15) is 10.5 Å². The molecule has 236 valence electrons. The van der Waals surface area contributed by atoms with Crippen LogP contribution < -0.4 is 0 Å². The van der Waals surface area contributed by atoms with E-state index in [2.05, 4.69) is 154 Å². The highest BCUT2D eigenvalue weighted by Gasteiger charge is 2.19. The van der Waals surface area contributed by atoms with Gasteiger partial charge in [0, 0.05) is 28.9 Å². The van der Waals surface area contributed by atoms with Crippen LogP contribution in [0.1, 0.15) is 11.4 Å². The summed E-state index contributed by atoms with van der Waals surface area (Å²) in [5, 5.41) is 23.5. The fourth-order valence-electron chi connectivity index (χ4n) is 7.19. The number of rotatable bonds is 5. The molecule has 3 aromatic heterocycles. The topological polar surface area (TPSA) is 78.3 Å². The average Bonchev–Trinajstić information content (AvgIpc) is 3.54. The fraction of sp³-hybridized carbons (Fsp3) is 0. The molecule has 0 atom stereocenters. The Morgan fingerprint density at radius 3 is 1.51 bits per heavy atom. The zero-order valence-electron chi connectivity index (χ0n) is 27.3. The van der Waals surface area contributed by atoms with Gasteiger partial charge in [-0.25, -0.2) is 9.97 Å². The number of nitrogens with zero attached hydrogens (tertiary/aromatic N) is 5. The second-order valence-corrected chi connectivity index (χ2v) is 12.5. The molecule has 0 unspecified atom stereocenters. The minimum absolute atomic E-state index is 0.405. The normalized spacial score (nSPS) is 11.1. The van der Waals surface area contributed by atoms with E-state index in [1.54, 1.807) is 12.4 Å². The highest BCUT2D eigenvalue weighted by molar-refractivity contribution is 6.24. The molecule has 0 spiro atoms. The predicted molar refractivity (Wildman–Crippen MR) is 205 cm³/mol. The molecule has 9 rings (SSSR count). The van der Waals surface area contributed by atoms with Crippen LogP contribution in [-0.4, -0.2) is 14.5 Å². The van der Waals surface area contributed by atoms with Gasteiger partial charge in [0.1, 0.15) is 23.5 Å². The quantitative estimate of drug-likeness (QED) is 0.186. The van der Waals surface area contributed by atoms with Crippen LogP contribution in [0.5, 0.6) is 0 Å². The molecule has 0 saturated carbocycles. The van der Waals surface area contributed by atoms with Crippen molar-refractivity contribution in [1.29, 1.82) is 10.5 Å². The summed E-state index contributed by atoms with van der Waals surface area (Å²) < 4.78 is 2.38. The number of benzene rings is 6. The molecule has 0 N–H and O–H groups in total. The lowest BCUT2D eigenvalue weighted by atomic mass is 9.93. The van der Waals surface area contributed by atoms with E-state index in [0.717, 1.165) is 61.2 Å². The number of nitriles is 2. The molecule has 5 heteroatoms. The largest absolute Gasteiger partial charge is 0.309 e. The van der Waals surface area contributed by atoms with Crippen molar-refractivity contribution < 1.29 is 0 Å². The fourth-order valence-corrected chi connectivity index (χ4v) is 7.19. The van der Waals surface area contributed by atoms with Crippen molar-refractivity contribution in [3.05, 3.63) is 175 Å². The van der Waals surface area contributed by atoms with Crippen molar-refractivity contribution in [2.24, 2.45) is 0 Å². The number of aromatic nitrogens is 3. The van der Waals surface area contributed by atoms with E-state index < -0.39 is 0 Å². The Morgan fingerprint density at radius 1 is 0.412 bits per heavy atom. The van der Waals surface area contributed by atoms with Gasteiger partial charge in [0.25, 0.3) is 0 Å². The zero-order valence-corrected chi connectivity index (χ0v) is 27.3. The van der Waals surface area contributed by atoms with Crippen molar-refractivity contribution >= 4 is 32.6 Å². The number of hydrogen-bond donors (Lipinski definition) is 0. The summed E-state index contributed by atoms with van der Waals surface area (Å²) in [4.78, 5) is 8.25. The number of fused-ring (bicyclic) bond motifs is 5. The first-order valence-corrected chi connectivity index (χ1v) is 16.7. The van der Waals surface area contributed by atoms with Gasteiger partial charge >= 0.3 is 0 Å². The molecule has 0 radical (unpaired) electrons. The zero-order chi connectivity index (χ0) is 34.3. The summed E-state index contributed by atoms with van der Waals surface area (Å²) in [5.41, 5.74) is 12.7.